The first-order chi connectivity index (χ1) is 11.2. The van der Waals surface area contributed by atoms with Gasteiger partial charge in [-0.3, -0.25) is 14.8 Å². The molecule has 1 aromatic carbocycles. The Hall–Kier alpha value is -2.51. The van der Waals surface area contributed by atoms with Crippen LogP contribution in [0, 0.1) is 0 Å². The van der Waals surface area contributed by atoms with Crippen LogP contribution in [0.15, 0.2) is 47.8 Å². The molecule has 0 spiro atoms. The van der Waals surface area contributed by atoms with Crippen LogP contribution >= 0.6 is 22.7 Å². The summed E-state index contributed by atoms with van der Waals surface area (Å²) in [5, 5.41) is 9.85. The molecule has 0 bridgehead atoms. The summed E-state index contributed by atoms with van der Waals surface area (Å²) < 4.78 is 2.64. The number of rotatable bonds is 3. The molecule has 1 N–H and O–H groups in total. The summed E-state index contributed by atoms with van der Waals surface area (Å²) in [7, 11) is 1.77. The zero-order valence-corrected chi connectivity index (χ0v) is 13.8. The normalized spacial score (nSPS) is 11.0. The van der Waals surface area contributed by atoms with Crippen molar-refractivity contribution in [3.8, 4) is 10.6 Å². The van der Waals surface area contributed by atoms with E-state index in [0.717, 1.165) is 20.8 Å². The minimum atomic E-state index is -0.207. The molecule has 7 heteroatoms. The molecular weight excluding hydrogens is 328 g/mol. The van der Waals surface area contributed by atoms with Crippen molar-refractivity contribution in [1.29, 1.82) is 0 Å². The van der Waals surface area contributed by atoms with Gasteiger partial charge in [0.15, 0.2) is 5.13 Å². The predicted molar refractivity (Wildman–Crippen MR) is 94.1 cm³/mol. The molecule has 0 fully saturated rings. The second-order valence-electron chi connectivity index (χ2n) is 4.96. The number of aryl methyl sites for hydroxylation is 1. The van der Waals surface area contributed by atoms with E-state index in [1.165, 1.54) is 11.3 Å². The Morgan fingerprint density at radius 2 is 2.09 bits per heavy atom. The maximum absolute atomic E-state index is 12.5. The molecule has 1 amide bonds. The minimum Gasteiger partial charge on any atom is -0.296 e. The monoisotopic (exact) mass is 340 g/mol. The maximum atomic E-state index is 12.5. The molecule has 114 valence electrons. The standard InChI is InChI=1S/C16H12N4OS2/c1-20-12(9-11(19-20)13-7-4-8-22-13)15(21)18-16-17-10-5-2-3-6-14(10)23-16/h2-9H,1H3,(H,17,18,21). The van der Waals surface area contributed by atoms with Gasteiger partial charge in [-0.05, 0) is 29.6 Å². The van der Waals surface area contributed by atoms with Gasteiger partial charge in [0.1, 0.15) is 11.4 Å². The molecule has 0 aliphatic heterocycles. The third-order valence-electron chi connectivity index (χ3n) is 3.40. The van der Waals surface area contributed by atoms with Crippen molar-refractivity contribution in [2.75, 3.05) is 5.32 Å². The highest BCUT2D eigenvalue weighted by Crippen LogP contribution is 2.27. The zero-order valence-electron chi connectivity index (χ0n) is 12.2. The molecule has 0 aliphatic rings. The third-order valence-corrected chi connectivity index (χ3v) is 5.24. The summed E-state index contributed by atoms with van der Waals surface area (Å²) in [5.41, 5.74) is 2.20. The second kappa shape index (κ2) is 5.60. The van der Waals surface area contributed by atoms with Gasteiger partial charge in [-0.25, -0.2) is 4.98 Å². The molecule has 0 aliphatic carbocycles. The number of thiophene rings is 1. The maximum Gasteiger partial charge on any atom is 0.275 e. The smallest absolute Gasteiger partial charge is 0.275 e. The molecule has 0 unspecified atom stereocenters. The first-order valence-electron chi connectivity index (χ1n) is 6.95. The Morgan fingerprint density at radius 3 is 2.87 bits per heavy atom. The number of benzene rings is 1. The fraction of sp³-hybridized carbons (Fsp3) is 0.0625. The number of nitrogens with zero attached hydrogens (tertiary/aromatic N) is 3. The van der Waals surface area contributed by atoms with Gasteiger partial charge < -0.3 is 0 Å². The van der Waals surface area contributed by atoms with Gasteiger partial charge in [-0.15, -0.1) is 11.3 Å². The average Bonchev–Trinajstić information content (AvgIpc) is 3.25. The van der Waals surface area contributed by atoms with Crippen molar-refractivity contribution in [2.24, 2.45) is 7.05 Å². The minimum absolute atomic E-state index is 0.207. The van der Waals surface area contributed by atoms with E-state index >= 15 is 0 Å². The molecule has 3 heterocycles. The highest BCUT2D eigenvalue weighted by atomic mass is 32.1. The summed E-state index contributed by atoms with van der Waals surface area (Å²) in [6, 6.07) is 13.6. The molecule has 5 nitrogen and oxygen atoms in total. The summed E-state index contributed by atoms with van der Waals surface area (Å²) in [5.74, 6) is -0.207. The van der Waals surface area contributed by atoms with Crippen molar-refractivity contribution < 1.29 is 4.79 Å². The Bertz CT molecular complexity index is 952. The van der Waals surface area contributed by atoms with Gasteiger partial charge in [-0.2, -0.15) is 5.10 Å². The van der Waals surface area contributed by atoms with Crippen LogP contribution < -0.4 is 5.32 Å². The van der Waals surface area contributed by atoms with Crippen molar-refractivity contribution in [3.63, 3.8) is 0 Å². The third kappa shape index (κ3) is 2.64. The van der Waals surface area contributed by atoms with E-state index in [0.29, 0.717) is 10.8 Å². The van der Waals surface area contributed by atoms with E-state index in [9.17, 15) is 4.79 Å². The number of nitrogens with one attached hydrogen (secondary N) is 1. The summed E-state index contributed by atoms with van der Waals surface area (Å²) in [6.07, 6.45) is 0. The van der Waals surface area contributed by atoms with E-state index in [-0.39, 0.29) is 5.91 Å². The number of fused-ring (bicyclic) bond motifs is 1. The lowest BCUT2D eigenvalue weighted by atomic mass is 10.3. The van der Waals surface area contributed by atoms with Gasteiger partial charge in [0.2, 0.25) is 0 Å². The Labute approximate surface area is 140 Å². The average molecular weight is 340 g/mol. The fourth-order valence-electron chi connectivity index (χ4n) is 2.31. The number of carbonyl (C=O) groups is 1. The highest BCUT2D eigenvalue weighted by Gasteiger charge is 2.16. The second-order valence-corrected chi connectivity index (χ2v) is 6.93. The van der Waals surface area contributed by atoms with Crippen LogP contribution in [0.2, 0.25) is 0 Å². The fourth-order valence-corrected chi connectivity index (χ4v) is 3.85. The molecular formula is C16H12N4OS2. The molecule has 4 aromatic rings. The van der Waals surface area contributed by atoms with Gasteiger partial charge in [0.05, 0.1) is 15.1 Å². The van der Waals surface area contributed by atoms with Crippen LogP contribution in [0.25, 0.3) is 20.8 Å². The zero-order chi connectivity index (χ0) is 15.8. The summed E-state index contributed by atoms with van der Waals surface area (Å²) in [6.45, 7) is 0. The van der Waals surface area contributed by atoms with Crippen molar-refractivity contribution in [3.05, 3.63) is 53.5 Å². The van der Waals surface area contributed by atoms with Crippen LogP contribution in [-0.4, -0.2) is 20.7 Å². The molecule has 23 heavy (non-hydrogen) atoms. The first kappa shape index (κ1) is 14.1. The van der Waals surface area contributed by atoms with Crippen molar-refractivity contribution >= 4 is 43.9 Å². The Balaban J connectivity index is 1.61. The van der Waals surface area contributed by atoms with Gasteiger partial charge in [-0.1, -0.05) is 29.5 Å². The van der Waals surface area contributed by atoms with E-state index in [4.69, 9.17) is 0 Å². The van der Waals surface area contributed by atoms with Crippen LogP contribution in [-0.2, 0) is 7.05 Å². The predicted octanol–water partition coefficient (Wildman–Crippen LogP) is 4.01. The van der Waals surface area contributed by atoms with E-state index < -0.39 is 0 Å². The number of aromatic nitrogens is 3. The van der Waals surface area contributed by atoms with Crippen molar-refractivity contribution in [2.45, 2.75) is 0 Å². The van der Waals surface area contributed by atoms with Gasteiger partial charge in [0, 0.05) is 7.05 Å². The molecule has 0 atom stereocenters. The van der Waals surface area contributed by atoms with E-state index in [1.54, 1.807) is 29.1 Å². The highest BCUT2D eigenvalue weighted by molar-refractivity contribution is 7.22. The number of hydrogen-bond acceptors (Lipinski definition) is 5. The number of amides is 1. The van der Waals surface area contributed by atoms with Crippen LogP contribution in [0.5, 0.6) is 0 Å². The largest absolute Gasteiger partial charge is 0.296 e. The Morgan fingerprint density at radius 1 is 1.22 bits per heavy atom. The SMILES string of the molecule is Cn1nc(-c2cccs2)cc1C(=O)Nc1nc2ccccc2s1. The molecule has 4 rings (SSSR count). The first-order valence-corrected chi connectivity index (χ1v) is 8.65. The Kier molecular flexibility index (Phi) is 3.44. The summed E-state index contributed by atoms with van der Waals surface area (Å²) in [4.78, 5) is 18.0. The topological polar surface area (TPSA) is 59.8 Å². The van der Waals surface area contributed by atoms with Crippen LogP contribution in [0.1, 0.15) is 10.5 Å². The number of hydrogen-bond donors (Lipinski definition) is 1. The lowest BCUT2D eigenvalue weighted by Gasteiger charge is -2.00. The molecule has 3 aromatic heterocycles. The summed E-state index contributed by atoms with van der Waals surface area (Å²) >= 11 is 3.06. The molecule has 0 saturated heterocycles. The lowest BCUT2D eigenvalue weighted by molar-refractivity contribution is 0.101. The molecule has 0 saturated carbocycles. The number of anilines is 1. The number of carbonyl (C=O) groups excluding carboxylic acids is 1. The number of thiazole rings is 1. The van der Waals surface area contributed by atoms with Crippen LogP contribution in [0.3, 0.4) is 0 Å². The van der Waals surface area contributed by atoms with Gasteiger partial charge >= 0.3 is 0 Å². The van der Waals surface area contributed by atoms with E-state index in [1.807, 2.05) is 41.8 Å². The molecule has 0 radical (unpaired) electrons. The van der Waals surface area contributed by atoms with E-state index in [2.05, 4.69) is 15.4 Å². The quantitative estimate of drug-likeness (QED) is 0.613. The van der Waals surface area contributed by atoms with Gasteiger partial charge in [0.25, 0.3) is 5.91 Å². The lowest BCUT2D eigenvalue weighted by Crippen LogP contribution is -2.15. The number of para-hydroxylation sites is 1. The van der Waals surface area contributed by atoms with Crippen LogP contribution in [0.4, 0.5) is 5.13 Å². The van der Waals surface area contributed by atoms with Crippen molar-refractivity contribution in [1.82, 2.24) is 14.8 Å².